The summed E-state index contributed by atoms with van der Waals surface area (Å²) >= 11 is 0. The molecule has 4 nitrogen and oxygen atoms in total. The molecule has 2 unspecified atom stereocenters. The molecule has 0 spiro atoms. The van der Waals surface area contributed by atoms with Crippen LogP contribution in [0.5, 0.6) is 0 Å². The van der Waals surface area contributed by atoms with Crippen molar-refractivity contribution in [1.82, 2.24) is 4.90 Å². The zero-order valence-electron chi connectivity index (χ0n) is 9.95. The Labute approximate surface area is 96.6 Å². The second kappa shape index (κ2) is 4.72. The molecule has 2 saturated heterocycles. The molecule has 0 aromatic rings. The molecule has 2 aliphatic heterocycles. The summed E-state index contributed by atoms with van der Waals surface area (Å²) in [7, 11) is 0. The summed E-state index contributed by atoms with van der Waals surface area (Å²) in [6.45, 7) is 4.87. The lowest BCUT2D eigenvalue weighted by atomic mass is 9.85. The highest BCUT2D eigenvalue weighted by molar-refractivity contribution is 5.75. The van der Waals surface area contributed by atoms with E-state index in [0.29, 0.717) is 32.2 Å². The Bertz CT molecular complexity index is 261. The fraction of sp³-hybridized carbons (Fsp3) is 0.917. The molecule has 0 bridgehead atoms. The molecule has 0 saturated carbocycles. The third kappa shape index (κ3) is 2.23. The maximum atomic E-state index is 11.4. The van der Waals surface area contributed by atoms with Crippen LogP contribution in [0.1, 0.15) is 32.6 Å². The molecule has 16 heavy (non-hydrogen) atoms. The topological polar surface area (TPSA) is 49.8 Å². The normalized spacial score (nSPS) is 36.4. The Kier molecular flexibility index (Phi) is 3.50. The number of carboxylic acid groups (broad SMARTS) is 1. The minimum Gasteiger partial charge on any atom is -0.481 e. The van der Waals surface area contributed by atoms with E-state index in [0.717, 1.165) is 6.54 Å². The Morgan fingerprint density at radius 2 is 2.38 bits per heavy atom. The van der Waals surface area contributed by atoms with Gasteiger partial charge in [0.2, 0.25) is 0 Å². The number of ether oxygens (including phenoxy) is 1. The van der Waals surface area contributed by atoms with Crippen molar-refractivity contribution in [2.45, 2.75) is 38.6 Å². The number of carbonyl (C=O) groups is 1. The Morgan fingerprint density at radius 3 is 2.94 bits per heavy atom. The molecule has 4 heteroatoms. The third-order valence-electron chi connectivity index (χ3n) is 4.00. The second-order valence-corrected chi connectivity index (χ2v) is 5.20. The van der Waals surface area contributed by atoms with Gasteiger partial charge in [-0.15, -0.1) is 0 Å². The smallest absolute Gasteiger partial charge is 0.313 e. The second-order valence-electron chi connectivity index (χ2n) is 5.20. The zero-order valence-corrected chi connectivity index (χ0v) is 9.95. The van der Waals surface area contributed by atoms with Crippen molar-refractivity contribution in [2.75, 3.05) is 26.3 Å². The maximum Gasteiger partial charge on any atom is 0.313 e. The Balaban J connectivity index is 2.02. The van der Waals surface area contributed by atoms with E-state index in [2.05, 4.69) is 11.8 Å². The van der Waals surface area contributed by atoms with E-state index in [1.807, 2.05) is 0 Å². The number of likely N-dealkylation sites (tertiary alicyclic amines) is 1. The van der Waals surface area contributed by atoms with Gasteiger partial charge in [-0.05, 0) is 32.7 Å². The van der Waals surface area contributed by atoms with Crippen molar-refractivity contribution in [1.29, 1.82) is 0 Å². The summed E-state index contributed by atoms with van der Waals surface area (Å²) in [4.78, 5) is 13.7. The van der Waals surface area contributed by atoms with E-state index in [1.165, 1.54) is 19.3 Å². The first-order valence-electron chi connectivity index (χ1n) is 6.19. The van der Waals surface area contributed by atoms with Crippen molar-refractivity contribution >= 4 is 5.97 Å². The van der Waals surface area contributed by atoms with Crippen LogP contribution < -0.4 is 0 Å². The van der Waals surface area contributed by atoms with E-state index in [-0.39, 0.29) is 0 Å². The van der Waals surface area contributed by atoms with Gasteiger partial charge >= 0.3 is 5.97 Å². The predicted molar refractivity (Wildman–Crippen MR) is 60.4 cm³/mol. The van der Waals surface area contributed by atoms with Gasteiger partial charge in [-0.3, -0.25) is 9.69 Å². The van der Waals surface area contributed by atoms with Crippen LogP contribution in [0.15, 0.2) is 0 Å². The SMILES string of the molecule is CC1CCCCN1CC1(C(=O)O)CCOC1. The van der Waals surface area contributed by atoms with Crippen molar-refractivity contribution in [2.24, 2.45) is 5.41 Å². The van der Waals surface area contributed by atoms with Gasteiger partial charge in [-0.1, -0.05) is 6.42 Å². The van der Waals surface area contributed by atoms with Gasteiger partial charge < -0.3 is 9.84 Å². The monoisotopic (exact) mass is 227 g/mol. The fourth-order valence-corrected chi connectivity index (χ4v) is 2.75. The zero-order chi connectivity index (χ0) is 11.6. The van der Waals surface area contributed by atoms with Crippen LogP contribution in [0.2, 0.25) is 0 Å². The predicted octanol–water partition coefficient (Wildman–Crippen LogP) is 1.35. The molecular formula is C12H21NO3. The molecule has 0 aliphatic carbocycles. The van der Waals surface area contributed by atoms with Gasteiger partial charge in [0, 0.05) is 19.2 Å². The maximum absolute atomic E-state index is 11.4. The number of hydrogen-bond donors (Lipinski definition) is 1. The van der Waals surface area contributed by atoms with Crippen LogP contribution in [0.25, 0.3) is 0 Å². The van der Waals surface area contributed by atoms with Crippen LogP contribution >= 0.6 is 0 Å². The van der Waals surface area contributed by atoms with Crippen molar-refractivity contribution < 1.29 is 14.6 Å². The number of nitrogens with zero attached hydrogens (tertiary/aromatic N) is 1. The molecule has 2 aliphatic rings. The molecule has 2 atom stereocenters. The van der Waals surface area contributed by atoms with E-state index < -0.39 is 11.4 Å². The summed E-state index contributed by atoms with van der Waals surface area (Å²) in [6, 6.07) is 0.519. The molecule has 1 N–H and O–H groups in total. The summed E-state index contributed by atoms with van der Waals surface area (Å²) in [6.07, 6.45) is 4.32. The van der Waals surface area contributed by atoms with Gasteiger partial charge in [-0.25, -0.2) is 0 Å². The van der Waals surface area contributed by atoms with Crippen LogP contribution in [0, 0.1) is 5.41 Å². The minimum absolute atomic E-state index is 0.381. The number of rotatable bonds is 3. The first-order chi connectivity index (χ1) is 7.64. The fourth-order valence-electron chi connectivity index (χ4n) is 2.75. The summed E-state index contributed by atoms with van der Waals surface area (Å²) in [5.74, 6) is -0.692. The van der Waals surface area contributed by atoms with E-state index in [4.69, 9.17) is 4.74 Å². The highest BCUT2D eigenvalue weighted by atomic mass is 16.5. The van der Waals surface area contributed by atoms with Crippen LogP contribution in [0.4, 0.5) is 0 Å². The Hall–Kier alpha value is -0.610. The highest BCUT2D eigenvalue weighted by Crippen LogP contribution is 2.32. The van der Waals surface area contributed by atoms with Gasteiger partial charge in [0.15, 0.2) is 0 Å². The van der Waals surface area contributed by atoms with Crippen molar-refractivity contribution in [3.05, 3.63) is 0 Å². The summed E-state index contributed by atoms with van der Waals surface area (Å²) in [5, 5.41) is 9.37. The molecule has 0 amide bonds. The quantitative estimate of drug-likeness (QED) is 0.790. The minimum atomic E-state index is -0.692. The third-order valence-corrected chi connectivity index (χ3v) is 4.00. The van der Waals surface area contributed by atoms with E-state index in [1.54, 1.807) is 0 Å². The van der Waals surface area contributed by atoms with E-state index in [9.17, 15) is 9.90 Å². The van der Waals surface area contributed by atoms with Gasteiger partial charge in [0.1, 0.15) is 5.41 Å². The Morgan fingerprint density at radius 1 is 1.56 bits per heavy atom. The van der Waals surface area contributed by atoms with Crippen LogP contribution in [0.3, 0.4) is 0 Å². The van der Waals surface area contributed by atoms with Crippen molar-refractivity contribution in [3.8, 4) is 0 Å². The summed E-state index contributed by atoms with van der Waals surface area (Å²) in [5.41, 5.74) is -0.647. The number of aliphatic carboxylic acids is 1. The molecule has 2 heterocycles. The lowest BCUT2D eigenvalue weighted by Gasteiger charge is -2.38. The molecular weight excluding hydrogens is 206 g/mol. The lowest BCUT2D eigenvalue weighted by molar-refractivity contribution is -0.150. The molecule has 2 rings (SSSR count). The average molecular weight is 227 g/mol. The molecule has 0 aromatic heterocycles. The summed E-state index contributed by atoms with van der Waals surface area (Å²) < 4.78 is 5.29. The average Bonchev–Trinajstić information content (AvgIpc) is 2.71. The molecule has 0 aromatic carbocycles. The molecule has 92 valence electrons. The van der Waals surface area contributed by atoms with Crippen LogP contribution in [-0.4, -0.2) is 48.3 Å². The highest BCUT2D eigenvalue weighted by Gasteiger charge is 2.44. The first kappa shape index (κ1) is 11.9. The van der Waals surface area contributed by atoms with Crippen molar-refractivity contribution in [3.63, 3.8) is 0 Å². The number of hydrogen-bond acceptors (Lipinski definition) is 3. The van der Waals surface area contributed by atoms with Gasteiger partial charge in [0.05, 0.1) is 6.61 Å². The number of carboxylic acids is 1. The first-order valence-corrected chi connectivity index (χ1v) is 6.19. The van der Waals surface area contributed by atoms with E-state index >= 15 is 0 Å². The lowest BCUT2D eigenvalue weighted by Crippen LogP contribution is -2.48. The van der Waals surface area contributed by atoms with Gasteiger partial charge in [-0.2, -0.15) is 0 Å². The molecule has 2 fully saturated rings. The molecule has 0 radical (unpaired) electrons. The van der Waals surface area contributed by atoms with Crippen LogP contribution in [-0.2, 0) is 9.53 Å². The largest absolute Gasteiger partial charge is 0.481 e. The number of piperidine rings is 1. The standard InChI is InChI=1S/C12H21NO3/c1-10-4-2-3-6-13(10)8-12(11(14)15)5-7-16-9-12/h10H,2-9H2,1H3,(H,14,15). The van der Waals surface area contributed by atoms with Gasteiger partial charge in [0.25, 0.3) is 0 Å².